The van der Waals surface area contributed by atoms with Crippen LogP contribution in [0.25, 0.3) is 17.6 Å². The summed E-state index contributed by atoms with van der Waals surface area (Å²) in [6.45, 7) is 6.76. The molecule has 0 aliphatic heterocycles. The van der Waals surface area contributed by atoms with E-state index in [1.54, 1.807) is 36.5 Å². The molecule has 1 aliphatic carbocycles. The third-order valence-corrected chi connectivity index (χ3v) is 6.12. The molecule has 1 fully saturated rings. The summed E-state index contributed by atoms with van der Waals surface area (Å²) in [5.74, 6) is 1.27. The standard InChI is InChI=1S/C22H24F3N5S/c1-6-31-17-9-15(21(12-26)7-8-21)11-27-19(17)20-29-16(14(4)30(20)5)10-18(22(23,24)25)28-13(2)3/h9-11H,6-8H2,1-5H3/b18-10-. The molecule has 0 aromatic carbocycles. The molecule has 3 rings (SSSR count). The Morgan fingerprint density at radius 2 is 2.06 bits per heavy atom. The van der Waals surface area contributed by atoms with Crippen LogP contribution in [0.3, 0.4) is 0 Å². The van der Waals surface area contributed by atoms with E-state index in [1.807, 2.05) is 13.0 Å². The van der Waals surface area contributed by atoms with Gasteiger partial charge >= 0.3 is 6.18 Å². The second-order valence-corrected chi connectivity index (χ2v) is 9.05. The molecule has 1 saturated carbocycles. The number of rotatable bonds is 6. The highest BCUT2D eigenvalue weighted by Gasteiger charge is 2.45. The number of hydrogen-bond acceptors (Lipinski definition) is 5. The summed E-state index contributed by atoms with van der Waals surface area (Å²) in [5.41, 5.74) is 1.11. The highest BCUT2D eigenvalue weighted by molar-refractivity contribution is 7.99. The molecule has 9 heteroatoms. The summed E-state index contributed by atoms with van der Waals surface area (Å²) in [6, 6.07) is 4.35. The van der Waals surface area contributed by atoms with Gasteiger partial charge in [0, 0.05) is 29.5 Å². The van der Waals surface area contributed by atoms with Gasteiger partial charge in [-0.1, -0.05) is 6.92 Å². The maximum Gasteiger partial charge on any atom is 0.433 e. The van der Waals surface area contributed by atoms with Gasteiger partial charge in [0.25, 0.3) is 0 Å². The predicted molar refractivity (Wildman–Crippen MR) is 117 cm³/mol. The van der Waals surface area contributed by atoms with E-state index in [9.17, 15) is 18.4 Å². The summed E-state index contributed by atoms with van der Waals surface area (Å²) >= 11 is 1.57. The van der Waals surface area contributed by atoms with Crippen LogP contribution < -0.4 is 0 Å². The molecule has 0 spiro atoms. The molecule has 164 valence electrons. The van der Waals surface area contributed by atoms with Gasteiger partial charge in [0.2, 0.25) is 0 Å². The maximum atomic E-state index is 13.4. The number of imidazole rings is 1. The van der Waals surface area contributed by atoms with Gasteiger partial charge in [0.05, 0.1) is 17.2 Å². The minimum Gasteiger partial charge on any atom is -0.329 e. The van der Waals surface area contributed by atoms with Crippen LogP contribution in [-0.2, 0) is 12.5 Å². The van der Waals surface area contributed by atoms with Crippen LogP contribution in [0, 0.1) is 18.3 Å². The zero-order valence-corrected chi connectivity index (χ0v) is 18.9. The molecule has 1 aliphatic rings. The molecule has 0 radical (unpaired) electrons. The van der Waals surface area contributed by atoms with E-state index < -0.39 is 17.3 Å². The minimum absolute atomic E-state index is 0.198. The van der Waals surface area contributed by atoms with Crippen molar-refractivity contribution in [3.63, 3.8) is 0 Å². The lowest BCUT2D eigenvalue weighted by Gasteiger charge is -2.12. The molecule has 5 nitrogen and oxygen atoms in total. The maximum absolute atomic E-state index is 13.4. The largest absolute Gasteiger partial charge is 0.433 e. The van der Waals surface area contributed by atoms with Crippen molar-refractivity contribution in [2.45, 2.75) is 57.0 Å². The monoisotopic (exact) mass is 447 g/mol. The number of allylic oxidation sites excluding steroid dienone is 1. The molecule has 0 atom stereocenters. The number of aliphatic imine (C=N–C) groups is 1. The molecule has 0 bridgehead atoms. The smallest absolute Gasteiger partial charge is 0.329 e. The minimum atomic E-state index is -4.58. The third kappa shape index (κ3) is 4.69. The van der Waals surface area contributed by atoms with Crippen LogP contribution >= 0.6 is 11.8 Å². The van der Waals surface area contributed by atoms with Crippen LogP contribution in [0.4, 0.5) is 13.2 Å². The predicted octanol–water partition coefficient (Wildman–Crippen LogP) is 5.84. The first-order valence-corrected chi connectivity index (χ1v) is 10.9. The lowest BCUT2D eigenvalue weighted by Crippen LogP contribution is -2.11. The van der Waals surface area contributed by atoms with Crippen LogP contribution in [0.5, 0.6) is 0 Å². The lowest BCUT2D eigenvalue weighted by molar-refractivity contribution is -0.0913. The van der Waals surface area contributed by atoms with Crippen molar-refractivity contribution in [3.8, 4) is 17.6 Å². The Morgan fingerprint density at radius 1 is 1.39 bits per heavy atom. The van der Waals surface area contributed by atoms with Crippen LogP contribution in [-0.4, -0.2) is 32.2 Å². The molecule has 0 N–H and O–H groups in total. The zero-order valence-electron chi connectivity index (χ0n) is 18.1. The van der Waals surface area contributed by atoms with Crippen molar-refractivity contribution in [2.75, 3.05) is 5.75 Å². The average Bonchev–Trinajstić information content (AvgIpc) is 3.45. The van der Waals surface area contributed by atoms with Gasteiger partial charge in [-0.15, -0.1) is 11.8 Å². The third-order valence-electron chi connectivity index (χ3n) is 5.21. The van der Waals surface area contributed by atoms with Gasteiger partial charge in [-0.2, -0.15) is 18.4 Å². The van der Waals surface area contributed by atoms with Crippen molar-refractivity contribution in [2.24, 2.45) is 12.0 Å². The van der Waals surface area contributed by atoms with Gasteiger partial charge in [0.1, 0.15) is 11.4 Å². The summed E-state index contributed by atoms with van der Waals surface area (Å²) in [5, 5.41) is 9.50. The van der Waals surface area contributed by atoms with Gasteiger partial charge in [-0.3, -0.25) is 9.98 Å². The van der Waals surface area contributed by atoms with E-state index >= 15 is 0 Å². The highest BCUT2D eigenvalue weighted by atomic mass is 32.2. The number of pyridine rings is 1. The summed E-state index contributed by atoms with van der Waals surface area (Å²) in [4.78, 5) is 13.6. The van der Waals surface area contributed by atoms with E-state index in [0.29, 0.717) is 22.9 Å². The van der Waals surface area contributed by atoms with Crippen molar-refractivity contribution in [1.29, 1.82) is 5.26 Å². The summed E-state index contributed by atoms with van der Waals surface area (Å²) in [7, 11) is 1.75. The van der Waals surface area contributed by atoms with Crippen LogP contribution in [0.1, 0.15) is 50.6 Å². The lowest BCUT2D eigenvalue weighted by atomic mass is 9.99. The van der Waals surface area contributed by atoms with Crippen molar-refractivity contribution in [1.82, 2.24) is 14.5 Å². The number of aromatic nitrogens is 3. The Balaban J connectivity index is 2.12. The Labute approximate surface area is 184 Å². The summed E-state index contributed by atoms with van der Waals surface area (Å²) < 4.78 is 42.0. The molecule has 0 unspecified atom stereocenters. The molecular formula is C22H24F3N5S. The Bertz CT molecular complexity index is 1100. The fraction of sp³-hybridized carbons (Fsp3) is 0.455. The van der Waals surface area contributed by atoms with Crippen LogP contribution in [0.15, 0.2) is 27.8 Å². The van der Waals surface area contributed by atoms with Crippen LogP contribution in [0.2, 0.25) is 0 Å². The van der Waals surface area contributed by atoms with Gasteiger partial charge < -0.3 is 4.57 Å². The van der Waals surface area contributed by atoms with E-state index in [0.717, 1.165) is 35.1 Å². The van der Waals surface area contributed by atoms with E-state index in [2.05, 4.69) is 21.0 Å². The second-order valence-electron chi connectivity index (χ2n) is 7.75. The average molecular weight is 448 g/mol. The highest BCUT2D eigenvalue weighted by Crippen LogP contribution is 2.48. The Kier molecular flexibility index (Phi) is 6.33. The molecule has 2 aromatic heterocycles. The number of halogens is 3. The number of nitriles is 1. The first-order valence-electron chi connectivity index (χ1n) is 9.91. The molecular weight excluding hydrogens is 423 g/mol. The van der Waals surface area contributed by atoms with Gasteiger partial charge in [-0.25, -0.2) is 4.98 Å². The van der Waals surface area contributed by atoms with E-state index in [4.69, 9.17) is 0 Å². The Hall–Kier alpha value is -2.60. The number of nitrogens with zero attached hydrogens (tertiary/aromatic N) is 5. The second kappa shape index (κ2) is 8.50. The number of hydrogen-bond donors (Lipinski definition) is 0. The molecule has 31 heavy (non-hydrogen) atoms. The molecule has 0 amide bonds. The molecule has 0 saturated heterocycles. The molecule has 2 heterocycles. The summed E-state index contributed by atoms with van der Waals surface area (Å²) in [6.07, 6.45) is -0.289. The van der Waals surface area contributed by atoms with Crippen molar-refractivity contribution >= 4 is 23.5 Å². The quantitative estimate of drug-likeness (QED) is 0.412. The van der Waals surface area contributed by atoms with Crippen molar-refractivity contribution in [3.05, 3.63) is 34.9 Å². The normalized spacial score (nSPS) is 15.5. The molecule has 2 aromatic rings. The van der Waals surface area contributed by atoms with Gasteiger partial charge in [0.15, 0.2) is 5.82 Å². The zero-order chi connectivity index (χ0) is 23.0. The topological polar surface area (TPSA) is 66.9 Å². The van der Waals surface area contributed by atoms with E-state index in [1.165, 1.54) is 13.8 Å². The first-order chi connectivity index (χ1) is 14.5. The van der Waals surface area contributed by atoms with Gasteiger partial charge in [-0.05, 0) is 57.1 Å². The van der Waals surface area contributed by atoms with E-state index in [-0.39, 0.29) is 5.69 Å². The SMILES string of the molecule is CCSc1cc(C2(C#N)CC2)cnc1-c1nc(/C=C(\N=C(C)C)C(F)(F)F)c(C)n1C. The Morgan fingerprint density at radius 3 is 2.58 bits per heavy atom. The number of thioether (sulfide) groups is 1. The fourth-order valence-electron chi connectivity index (χ4n) is 3.23. The fourth-order valence-corrected chi connectivity index (χ4v) is 4.03. The van der Waals surface area contributed by atoms with Crippen molar-refractivity contribution < 1.29 is 13.2 Å². The first kappa shape index (κ1) is 23.1. The number of alkyl halides is 3.